The molecule has 0 saturated heterocycles. The molecule has 2 aromatic heterocycles. The smallest absolute Gasteiger partial charge is 0.346 e. The van der Waals surface area contributed by atoms with E-state index < -0.39 is 11.9 Å². The van der Waals surface area contributed by atoms with Crippen molar-refractivity contribution in [2.75, 3.05) is 4.90 Å². The van der Waals surface area contributed by atoms with Gasteiger partial charge in [-0.1, -0.05) is 42.5 Å². The van der Waals surface area contributed by atoms with Crippen LogP contribution in [0.3, 0.4) is 0 Å². The van der Waals surface area contributed by atoms with E-state index in [4.69, 9.17) is 0 Å². The molecule has 0 amide bonds. The zero-order valence-corrected chi connectivity index (χ0v) is 24.4. The van der Waals surface area contributed by atoms with Gasteiger partial charge in [0.05, 0.1) is 0 Å². The molecule has 0 aliphatic rings. The van der Waals surface area contributed by atoms with Crippen molar-refractivity contribution >= 4 is 41.2 Å². The summed E-state index contributed by atoms with van der Waals surface area (Å²) in [6.07, 6.45) is 10.1. The molecule has 5 aromatic rings. The van der Waals surface area contributed by atoms with Gasteiger partial charge in [-0.3, -0.25) is 0 Å². The van der Waals surface area contributed by atoms with Crippen molar-refractivity contribution in [2.45, 2.75) is 0 Å². The Hall–Kier alpha value is -6.58. The maximum Gasteiger partial charge on any atom is 0.346 e. The number of rotatable bonds is 9. The van der Waals surface area contributed by atoms with Gasteiger partial charge in [-0.2, -0.15) is 10.5 Å². The highest BCUT2D eigenvalue weighted by Gasteiger charge is 2.16. The van der Waals surface area contributed by atoms with Crippen LogP contribution < -0.4 is 4.90 Å². The lowest BCUT2D eigenvalue weighted by molar-refractivity contribution is -0.133. The molecule has 0 unspecified atom stereocenters. The molecular formula is C36H27N5O4. The number of aromatic nitrogens is 2. The van der Waals surface area contributed by atoms with Crippen LogP contribution in [0.25, 0.3) is 34.4 Å². The van der Waals surface area contributed by atoms with Gasteiger partial charge < -0.3 is 24.2 Å². The van der Waals surface area contributed by atoms with Crippen LogP contribution in [0, 0.1) is 22.7 Å². The van der Waals surface area contributed by atoms with Crippen LogP contribution in [-0.4, -0.2) is 31.3 Å². The number of nitrogens with zero attached hydrogens (tertiary/aromatic N) is 5. The highest BCUT2D eigenvalue weighted by atomic mass is 16.4. The largest absolute Gasteiger partial charge is 0.477 e. The van der Waals surface area contributed by atoms with Crippen LogP contribution in [-0.2, 0) is 23.7 Å². The average Bonchev–Trinajstić information content (AvgIpc) is 3.60. The molecule has 220 valence electrons. The van der Waals surface area contributed by atoms with E-state index in [0.717, 1.165) is 39.3 Å². The predicted molar refractivity (Wildman–Crippen MR) is 172 cm³/mol. The van der Waals surface area contributed by atoms with Crippen molar-refractivity contribution < 1.29 is 19.8 Å². The molecule has 5 rings (SSSR count). The molecule has 45 heavy (non-hydrogen) atoms. The topological polar surface area (TPSA) is 135 Å². The van der Waals surface area contributed by atoms with Gasteiger partial charge in [0.2, 0.25) is 0 Å². The second kappa shape index (κ2) is 12.7. The normalized spacial score (nSPS) is 11.5. The van der Waals surface area contributed by atoms with E-state index in [0.29, 0.717) is 11.1 Å². The molecule has 0 fully saturated rings. The molecule has 0 atom stereocenters. The van der Waals surface area contributed by atoms with E-state index in [1.807, 2.05) is 114 Å². The molecule has 0 radical (unpaired) electrons. The minimum atomic E-state index is -1.28. The van der Waals surface area contributed by atoms with E-state index in [2.05, 4.69) is 4.90 Å². The third-order valence-electron chi connectivity index (χ3n) is 7.16. The zero-order chi connectivity index (χ0) is 32.1. The van der Waals surface area contributed by atoms with Crippen molar-refractivity contribution in [1.82, 2.24) is 9.13 Å². The third-order valence-corrected chi connectivity index (χ3v) is 7.16. The fourth-order valence-corrected chi connectivity index (χ4v) is 5.12. The monoisotopic (exact) mass is 593 g/mol. The van der Waals surface area contributed by atoms with E-state index in [1.54, 1.807) is 24.5 Å². The highest BCUT2D eigenvalue weighted by molar-refractivity contribution is 5.98. The fourth-order valence-electron chi connectivity index (χ4n) is 5.12. The number of para-hydroxylation sites is 1. The molecule has 0 saturated carbocycles. The lowest BCUT2D eigenvalue weighted by atomic mass is 10.0. The molecule has 2 heterocycles. The summed E-state index contributed by atoms with van der Waals surface area (Å²) in [6, 6.07) is 29.1. The lowest BCUT2D eigenvalue weighted by Crippen LogP contribution is -2.09. The Morgan fingerprint density at radius 3 is 1.36 bits per heavy atom. The predicted octanol–water partition coefficient (Wildman–Crippen LogP) is 7.15. The van der Waals surface area contributed by atoms with Crippen LogP contribution in [0.4, 0.5) is 17.1 Å². The number of anilines is 3. The first-order valence-corrected chi connectivity index (χ1v) is 13.8. The van der Waals surface area contributed by atoms with Crippen molar-refractivity contribution in [3.63, 3.8) is 0 Å². The van der Waals surface area contributed by atoms with Gasteiger partial charge >= 0.3 is 11.9 Å². The van der Waals surface area contributed by atoms with Gasteiger partial charge in [0.15, 0.2) is 0 Å². The standard InChI is InChI=1S/C36H27N5O4/c1-39-20-28(16-26(18-37)35(42)43)33(22-39)24-8-12-31(13-9-24)41(30-6-4-3-5-7-30)32-14-10-25(11-15-32)34-23-40(2)21-29(34)17-27(19-38)36(44)45/h3-17,20-23H,1-2H3,(H,42,43)(H,44,45)/b26-16-,27-17-. The number of carbonyl (C=O) groups is 2. The van der Waals surface area contributed by atoms with Gasteiger partial charge in [0.25, 0.3) is 0 Å². The minimum Gasteiger partial charge on any atom is -0.477 e. The molecule has 0 aliphatic heterocycles. The van der Waals surface area contributed by atoms with Crippen molar-refractivity contribution in [2.24, 2.45) is 14.1 Å². The summed E-state index contributed by atoms with van der Waals surface area (Å²) < 4.78 is 3.64. The van der Waals surface area contributed by atoms with E-state index in [-0.39, 0.29) is 11.1 Å². The first-order valence-electron chi connectivity index (χ1n) is 13.8. The van der Waals surface area contributed by atoms with Crippen LogP contribution >= 0.6 is 0 Å². The highest BCUT2D eigenvalue weighted by Crippen LogP contribution is 2.38. The number of carboxylic acid groups (broad SMARTS) is 2. The number of aryl methyl sites for hydroxylation is 2. The quantitative estimate of drug-likeness (QED) is 0.137. The van der Waals surface area contributed by atoms with Crippen molar-refractivity contribution in [3.8, 4) is 34.4 Å². The SMILES string of the molecule is Cn1cc(/C=C(/C#N)C(=O)O)c(-c2ccc(N(c3ccccc3)c3ccc(-c4cn(C)cc4/C=C(/C#N)C(=O)O)cc3)cc2)c1. The van der Waals surface area contributed by atoms with Crippen LogP contribution in [0.15, 0.2) is 115 Å². The molecule has 9 nitrogen and oxygen atoms in total. The molecule has 0 bridgehead atoms. The Balaban J connectivity index is 1.53. The number of hydrogen-bond acceptors (Lipinski definition) is 5. The Kier molecular flexibility index (Phi) is 8.46. The molecule has 9 heteroatoms. The average molecular weight is 594 g/mol. The lowest BCUT2D eigenvalue weighted by Gasteiger charge is -2.26. The Bertz CT molecular complexity index is 1910. The van der Waals surface area contributed by atoms with Gasteiger partial charge in [0, 0.05) is 78.2 Å². The fraction of sp³-hybridized carbons (Fsp3) is 0.0556. The van der Waals surface area contributed by atoms with E-state index in [1.165, 1.54) is 12.2 Å². The van der Waals surface area contributed by atoms with Gasteiger partial charge in [-0.05, 0) is 59.7 Å². The Labute approximate surface area is 259 Å². The number of aliphatic carboxylic acids is 2. The number of nitriles is 2. The van der Waals surface area contributed by atoms with Crippen LogP contribution in [0.5, 0.6) is 0 Å². The first-order chi connectivity index (χ1) is 21.7. The first kappa shape index (κ1) is 29.9. The molecular weight excluding hydrogens is 566 g/mol. The maximum atomic E-state index is 11.4. The summed E-state index contributed by atoms with van der Waals surface area (Å²) in [6.45, 7) is 0. The Morgan fingerprint density at radius 2 is 1.00 bits per heavy atom. The zero-order valence-electron chi connectivity index (χ0n) is 24.4. The molecule has 0 spiro atoms. The number of hydrogen-bond donors (Lipinski definition) is 2. The Morgan fingerprint density at radius 1 is 0.622 bits per heavy atom. The van der Waals surface area contributed by atoms with Crippen molar-refractivity contribution in [3.05, 3.63) is 126 Å². The van der Waals surface area contributed by atoms with Gasteiger partial charge in [0.1, 0.15) is 23.3 Å². The molecule has 0 aliphatic carbocycles. The maximum absolute atomic E-state index is 11.4. The summed E-state index contributed by atoms with van der Waals surface area (Å²) in [5, 5.41) is 37.2. The van der Waals surface area contributed by atoms with Gasteiger partial charge in [-0.25, -0.2) is 9.59 Å². The van der Waals surface area contributed by atoms with E-state index >= 15 is 0 Å². The second-order valence-corrected chi connectivity index (χ2v) is 10.3. The van der Waals surface area contributed by atoms with Crippen molar-refractivity contribution in [1.29, 1.82) is 10.5 Å². The number of carboxylic acids is 2. The summed E-state index contributed by atoms with van der Waals surface area (Å²) in [7, 11) is 3.68. The third kappa shape index (κ3) is 6.43. The minimum absolute atomic E-state index is 0.344. The van der Waals surface area contributed by atoms with Crippen LogP contribution in [0.1, 0.15) is 11.1 Å². The molecule has 3 aromatic carbocycles. The molecule has 2 N–H and O–H groups in total. The van der Waals surface area contributed by atoms with Crippen LogP contribution in [0.2, 0.25) is 0 Å². The van der Waals surface area contributed by atoms with E-state index in [9.17, 15) is 30.3 Å². The summed E-state index contributed by atoms with van der Waals surface area (Å²) >= 11 is 0. The number of benzene rings is 3. The summed E-state index contributed by atoms with van der Waals surface area (Å²) in [4.78, 5) is 25.0. The van der Waals surface area contributed by atoms with Gasteiger partial charge in [-0.15, -0.1) is 0 Å². The summed E-state index contributed by atoms with van der Waals surface area (Å²) in [5.41, 5.74) is 6.58. The summed E-state index contributed by atoms with van der Waals surface area (Å²) in [5.74, 6) is -2.56. The second-order valence-electron chi connectivity index (χ2n) is 10.3.